The summed E-state index contributed by atoms with van der Waals surface area (Å²) in [6.07, 6.45) is 2.97. The third-order valence-electron chi connectivity index (χ3n) is 3.21. The Labute approximate surface area is 96.4 Å². The van der Waals surface area contributed by atoms with Crippen LogP contribution in [-0.2, 0) is 6.54 Å². The first-order chi connectivity index (χ1) is 7.79. The fourth-order valence-corrected chi connectivity index (χ4v) is 2.17. The summed E-state index contributed by atoms with van der Waals surface area (Å²) in [7, 11) is 1.67. The normalized spacial score (nSPS) is 24.6. The van der Waals surface area contributed by atoms with Gasteiger partial charge in [-0.1, -0.05) is 12.1 Å². The minimum absolute atomic E-state index is 0.168. The van der Waals surface area contributed by atoms with Gasteiger partial charge < -0.3 is 15.2 Å². The van der Waals surface area contributed by atoms with Crippen LogP contribution in [0.2, 0.25) is 0 Å². The van der Waals surface area contributed by atoms with Gasteiger partial charge in [0.15, 0.2) is 0 Å². The van der Waals surface area contributed by atoms with Crippen molar-refractivity contribution in [3.05, 3.63) is 29.8 Å². The number of nitrogens with one attached hydrogen (secondary N) is 1. The summed E-state index contributed by atoms with van der Waals surface area (Å²) in [6, 6.07) is 8.28. The van der Waals surface area contributed by atoms with Crippen LogP contribution < -0.4 is 10.1 Å². The van der Waals surface area contributed by atoms with Gasteiger partial charge in [-0.3, -0.25) is 0 Å². The quantitative estimate of drug-likeness (QED) is 0.813. The van der Waals surface area contributed by atoms with Crippen molar-refractivity contribution in [2.75, 3.05) is 7.11 Å². The summed E-state index contributed by atoms with van der Waals surface area (Å²) < 4.78 is 5.10. The molecule has 2 N–H and O–H groups in total. The van der Waals surface area contributed by atoms with Gasteiger partial charge in [0.1, 0.15) is 5.75 Å². The van der Waals surface area contributed by atoms with Gasteiger partial charge in [-0.05, 0) is 37.0 Å². The summed E-state index contributed by atoms with van der Waals surface area (Å²) in [5.74, 6) is 0.879. The molecule has 1 fully saturated rings. The molecule has 2 atom stereocenters. The molecule has 3 heteroatoms. The standard InChI is InChI=1S/C13H19NO2/c1-16-11-7-5-10(6-8-11)9-14-12-3-2-4-13(12)15/h5-8,12-15H,2-4,9H2,1H3. The number of benzene rings is 1. The van der Waals surface area contributed by atoms with Crippen LogP contribution in [-0.4, -0.2) is 24.4 Å². The molecule has 16 heavy (non-hydrogen) atoms. The zero-order chi connectivity index (χ0) is 11.4. The highest BCUT2D eigenvalue weighted by Gasteiger charge is 2.24. The largest absolute Gasteiger partial charge is 0.497 e. The summed E-state index contributed by atoms with van der Waals surface area (Å²) in [5, 5.41) is 13.1. The average Bonchev–Trinajstić information content (AvgIpc) is 2.73. The molecule has 0 spiro atoms. The van der Waals surface area contributed by atoms with Crippen LogP contribution in [0.25, 0.3) is 0 Å². The molecular formula is C13H19NO2. The highest BCUT2D eigenvalue weighted by molar-refractivity contribution is 5.27. The zero-order valence-electron chi connectivity index (χ0n) is 9.65. The predicted octanol–water partition coefficient (Wildman–Crippen LogP) is 1.70. The molecule has 0 heterocycles. The van der Waals surface area contributed by atoms with Crippen LogP contribution in [0.4, 0.5) is 0 Å². The molecule has 0 bridgehead atoms. The number of hydrogen-bond acceptors (Lipinski definition) is 3. The summed E-state index contributed by atoms with van der Waals surface area (Å²) in [5.41, 5.74) is 1.22. The number of hydrogen-bond donors (Lipinski definition) is 2. The van der Waals surface area contributed by atoms with Gasteiger partial charge in [-0.25, -0.2) is 0 Å². The fourth-order valence-electron chi connectivity index (χ4n) is 2.17. The van der Waals surface area contributed by atoms with Crippen molar-refractivity contribution in [1.29, 1.82) is 0 Å². The molecule has 0 radical (unpaired) electrons. The minimum Gasteiger partial charge on any atom is -0.497 e. The van der Waals surface area contributed by atoms with Gasteiger partial charge in [-0.2, -0.15) is 0 Å². The molecule has 0 aromatic heterocycles. The molecule has 0 saturated heterocycles. The van der Waals surface area contributed by atoms with Crippen molar-refractivity contribution >= 4 is 0 Å². The number of aliphatic hydroxyl groups excluding tert-OH is 1. The maximum Gasteiger partial charge on any atom is 0.118 e. The van der Waals surface area contributed by atoms with Gasteiger partial charge in [0.2, 0.25) is 0 Å². The summed E-state index contributed by atoms with van der Waals surface area (Å²) in [6.45, 7) is 0.811. The molecule has 0 amide bonds. The van der Waals surface area contributed by atoms with E-state index in [1.54, 1.807) is 7.11 Å². The molecule has 2 rings (SSSR count). The molecule has 3 nitrogen and oxygen atoms in total. The van der Waals surface area contributed by atoms with Crippen LogP contribution in [0.5, 0.6) is 5.75 Å². The molecule has 1 aliphatic carbocycles. The second-order valence-electron chi connectivity index (χ2n) is 4.33. The van der Waals surface area contributed by atoms with Crippen molar-refractivity contribution in [3.8, 4) is 5.75 Å². The Kier molecular flexibility index (Phi) is 3.80. The van der Waals surface area contributed by atoms with E-state index in [-0.39, 0.29) is 12.1 Å². The van der Waals surface area contributed by atoms with E-state index in [0.29, 0.717) is 0 Å². The van der Waals surface area contributed by atoms with Gasteiger partial charge in [0.25, 0.3) is 0 Å². The number of aliphatic hydroxyl groups is 1. The second-order valence-corrected chi connectivity index (χ2v) is 4.33. The van der Waals surface area contributed by atoms with Crippen molar-refractivity contribution in [2.45, 2.75) is 38.0 Å². The molecule has 1 aromatic rings. The fraction of sp³-hybridized carbons (Fsp3) is 0.538. The lowest BCUT2D eigenvalue weighted by atomic mass is 10.1. The van der Waals surface area contributed by atoms with E-state index in [2.05, 4.69) is 5.32 Å². The molecule has 1 aromatic carbocycles. The number of ether oxygens (including phenoxy) is 1. The topological polar surface area (TPSA) is 41.5 Å². The van der Waals surface area contributed by atoms with Gasteiger partial charge in [-0.15, -0.1) is 0 Å². The third-order valence-corrected chi connectivity index (χ3v) is 3.21. The lowest BCUT2D eigenvalue weighted by Gasteiger charge is -2.16. The Morgan fingerprint density at radius 3 is 2.62 bits per heavy atom. The average molecular weight is 221 g/mol. The Bertz CT molecular complexity index is 323. The molecule has 1 aliphatic rings. The van der Waals surface area contributed by atoms with Crippen molar-refractivity contribution in [1.82, 2.24) is 5.32 Å². The molecule has 2 unspecified atom stereocenters. The van der Waals surface area contributed by atoms with E-state index in [0.717, 1.165) is 31.6 Å². The van der Waals surface area contributed by atoms with E-state index >= 15 is 0 Å². The molecule has 88 valence electrons. The van der Waals surface area contributed by atoms with Crippen LogP contribution in [0, 0.1) is 0 Å². The highest BCUT2D eigenvalue weighted by atomic mass is 16.5. The number of methoxy groups -OCH3 is 1. The first-order valence-corrected chi connectivity index (χ1v) is 5.84. The van der Waals surface area contributed by atoms with Crippen molar-refractivity contribution in [3.63, 3.8) is 0 Å². The van der Waals surface area contributed by atoms with Gasteiger partial charge >= 0.3 is 0 Å². The van der Waals surface area contributed by atoms with Crippen LogP contribution >= 0.6 is 0 Å². The molecular weight excluding hydrogens is 202 g/mol. The lowest BCUT2D eigenvalue weighted by Crippen LogP contribution is -2.34. The van der Waals surface area contributed by atoms with Crippen molar-refractivity contribution in [2.24, 2.45) is 0 Å². The smallest absolute Gasteiger partial charge is 0.118 e. The van der Waals surface area contributed by atoms with E-state index in [9.17, 15) is 5.11 Å². The van der Waals surface area contributed by atoms with Gasteiger partial charge in [0, 0.05) is 12.6 Å². The first-order valence-electron chi connectivity index (χ1n) is 5.84. The Morgan fingerprint density at radius 1 is 1.31 bits per heavy atom. The van der Waals surface area contributed by atoms with Crippen LogP contribution in [0.15, 0.2) is 24.3 Å². The zero-order valence-corrected chi connectivity index (χ0v) is 9.65. The Hall–Kier alpha value is -1.06. The van der Waals surface area contributed by atoms with Gasteiger partial charge in [0.05, 0.1) is 13.2 Å². The Morgan fingerprint density at radius 2 is 2.06 bits per heavy atom. The minimum atomic E-state index is -0.168. The van der Waals surface area contributed by atoms with Crippen LogP contribution in [0.1, 0.15) is 24.8 Å². The first kappa shape index (κ1) is 11.4. The number of rotatable bonds is 4. The Balaban J connectivity index is 1.84. The summed E-state index contributed by atoms with van der Waals surface area (Å²) >= 11 is 0. The van der Waals surface area contributed by atoms with Crippen molar-refractivity contribution < 1.29 is 9.84 Å². The predicted molar refractivity (Wildman–Crippen MR) is 63.5 cm³/mol. The van der Waals surface area contributed by atoms with E-state index in [1.165, 1.54) is 5.56 Å². The SMILES string of the molecule is COc1ccc(CNC2CCCC2O)cc1. The molecule has 1 saturated carbocycles. The second kappa shape index (κ2) is 5.32. The molecule has 0 aliphatic heterocycles. The third kappa shape index (κ3) is 2.74. The monoisotopic (exact) mass is 221 g/mol. The van der Waals surface area contributed by atoms with E-state index < -0.39 is 0 Å². The van der Waals surface area contributed by atoms with E-state index in [4.69, 9.17) is 4.74 Å². The lowest BCUT2D eigenvalue weighted by molar-refractivity contribution is 0.148. The van der Waals surface area contributed by atoms with E-state index in [1.807, 2.05) is 24.3 Å². The summed E-state index contributed by atoms with van der Waals surface area (Å²) in [4.78, 5) is 0. The maximum absolute atomic E-state index is 9.67. The van der Waals surface area contributed by atoms with Crippen LogP contribution in [0.3, 0.4) is 0 Å². The maximum atomic E-state index is 9.67. The highest BCUT2D eigenvalue weighted by Crippen LogP contribution is 2.19.